The molecular weight excluding hydrogens is 278 g/mol. The molecule has 1 unspecified atom stereocenters. The van der Waals surface area contributed by atoms with Crippen molar-refractivity contribution in [1.82, 2.24) is 0 Å². The number of esters is 1. The third-order valence-electron chi connectivity index (χ3n) is 3.63. The average Bonchev–Trinajstić information content (AvgIpc) is 2.56. The monoisotopic (exact) mass is 297 g/mol. The number of rotatable bonds is 4. The van der Waals surface area contributed by atoms with Crippen molar-refractivity contribution in [3.8, 4) is 5.75 Å². The van der Waals surface area contributed by atoms with Crippen molar-refractivity contribution >= 4 is 11.7 Å². The summed E-state index contributed by atoms with van der Waals surface area (Å²) in [5, 5.41) is 0. The molecule has 4 heteroatoms. The van der Waals surface area contributed by atoms with E-state index in [9.17, 15) is 4.79 Å². The Balaban J connectivity index is 1.85. The van der Waals surface area contributed by atoms with Crippen LogP contribution in [0.2, 0.25) is 0 Å². The SMILES string of the molecule is CCOC(=O)C1CN(Cc2ccccc2)c2ccccc2O1. The van der Waals surface area contributed by atoms with Gasteiger partial charge < -0.3 is 14.4 Å². The maximum absolute atomic E-state index is 12.0. The second-order valence-corrected chi connectivity index (χ2v) is 5.19. The Morgan fingerprint density at radius 2 is 1.91 bits per heavy atom. The molecule has 0 saturated heterocycles. The smallest absolute Gasteiger partial charge is 0.349 e. The summed E-state index contributed by atoms with van der Waals surface area (Å²) in [5.74, 6) is 0.415. The molecule has 4 nitrogen and oxygen atoms in total. The van der Waals surface area contributed by atoms with E-state index in [2.05, 4.69) is 17.0 Å². The van der Waals surface area contributed by atoms with Gasteiger partial charge in [0.05, 0.1) is 18.8 Å². The summed E-state index contributed by atoms with van der Waals surface area (Å²) in [6, 6.07) is 18.0. The number of ether oxygens (including phenoxy) is 2. The van der Waals surface area contributed by atoms with E-state index in [1.165, 1.54) is 5.56 Å². The third kappa shape index (κ3) is 3.06. The average molecular weight is 297 g/mol. The number of nitrogens with zero attached hydrogens (tertiary/aromatic N) is 1. The van der Waals surface area contributed by atoms with E-state index in [0.29, 0.717) is 13.2 Å². The van der Waals surface area contributed by atoms with Crippen molar-refractivity contribution in [2.75, 3.05) is 18.1 Å². The van der Waals surface area contributed by atoms with Gasteiger partial charge in [-0.25, -0.2) is 4.79 Å². The molecule has 0 fully saturated rings. The van der Waals surface area contributed by atoms with Crippen molar-refractivity contribution < 1.29 is 14.3 Å². The molecule has 2 aromatic rings. The number of para-hydroxylation sites is 2. The molecule has 114 valence electrons. The molecular formula is C18H19NO3. The Kier molecular flexibility index (Phi) is 4.28. The van der Waals surface area contributed by atoms with Crippen LogP contribution in [0.5, 0.6) is 5.75 Å². The van der Waals surface area contributed by atoms with Crippen LogP contribution in [0.15, 0.2) is 54.6 Å². The van der Waals surface area contributed by atoms with Crippen LogP contribution >= 0.6 is 0 Å². The standard InChI is InChI=1S/C18H19NO3/c1-2-21-18(20)17-13-19(12-14-8-4-3-5-9-14)15-10-6-7-11-16(15)22-17/h3-11,17H,2,12-13H2,1H3. The summed E-state index contributed by atoms with van der Waals surface area (Å²) in [7, 11) is 0. The van der Waals surface area contributed by atoms with Crippen LogP contribution in [0.25, 0.3) is 0 Å². The molecule has 0 saturated carbocycles. The molecule has 0 radical (unpaired) electrons. The largest absolute Gasteiger partial charge is 0.475 e. The van der Waals surface area contributed by atoms with Gasteiger partial charge in [0.15, 0.2) is 0 Å². The number of carbonyl (C=O) groups is 1. The molecule has 0 amide bonds. The zero-order valence-electron chi connectivity index (χ0n) is 12.6. The lowest BCUT2D eigenvalue weighted by atomic mass is 10.1. The molecule has 1 aliphatic rings. The molecule has 0 spiro atoms. The Bertz CT molecular complexity index is 642. The highest BCUT2D eigenvalue weighted by molar-refractivity contribution is 5.78. The lowest BCUT2D eigenvalue weighted by Crippen LogP contribution is -2.44. The van der Waals surface area contributed by atoms with Crippen molar-refractivity contribution in [2.45, 2.75) is 19.6 Å². The second-order valence-electron chi connectivity index (χ2n) is 5.19. The maximum Gasteiger partial charge on any atom is 0.349 e. The first kappa shape index (κ1) is 14.4. The first-order valence-electron chi connectivity index (χ1n) is 7.49. The molecule has 1 atom stereocenters. The predicted molar refractivity (Wildman–Crippen MR) is 85.0 cm³/mol. The normalized spacial score (nSPS) is 16.6. The highest BCUT2D eigenvalue weighted by Crippen LogP contribution is 2.34. The zero-order valence-corrected chi connectivity index (χ0v) is 12.6. The van der Waals surface area contributed by atoms with Crippen LogP contribution in [0.1, 0.15) is 12.5 Å². The lowest BCUT2D eigenvalue weighted by molar-refractivity contribution is -0.151. The van der Waals surface area contributed by atoms with E-state index in [1.807, 2.05) is 42.5 Å². The third-order valence-corrected chi connectivity index (χ3v) is 3.63. The highest BCUT2D eigenvalue weighted by atomic mass is 16.6. The molecule has 0 aromatic heterocycles. The number of hydrogen-bond donors (Lipinski definition) is 0. The summed E-state index contributed by atoms with van der Waals surface area (Å²) in [6.45, 7) is 3.39. The number of anilines is 1. The summed E-state index contributed by atoms with van der Waals surface area (Å²) in [4.78, 5) is 14.2. The van der Waals surface area contributed by atoms with Gasteiger partial charge in [0.1, 0.15) is 5.75 Å². The number of fused-ring (bicyclic) bond motifs is 1. The minimum absolute atomic E-state index is 0.310. The molecule has 1 heterocycles. The van der Waals surface area contributed by atoms with Gasteiger partial charge in [-0.1, -0.05) is 42.5 Å². The number of benzene rings is 2. The Hall–Kier alpha value is -2.49. The van der Waals surface area contributed by atoms with Gasteiger partial charge in [-0.3, -0.25) is 0 Å². The topological polar surface area (TPSA) is 38.8 Å². The minimum Gasteiger partial charge on any atom is -0.475 e. The van der Waals surface area contributed by atoms with Gasteiger partial charge in [0.25, 0.3) is 0 Å². The van der Waals surface area contributed by atoms with Crippen molar-refractivity contribution in [2.24, 2.45) is 0 Å². The van der Waals surface area contributed by atoms with Crippen molar-refractivity contribution in [3.63, 3.8) is 0 Å². The Morgan fingerprint density at radius 1 is 1.18 bits per heavy atom. The highest BCUT2D eigenvalue weighted by Gasteiger charge is 2.31. The second kappa shape index (κ2) is 6.52. The number of hydrogen-bond acceptors (Lipinski definition) is 4. The van der Waals surface area contributed by atoms with Gasteiger partial charge in [0, 0.05) is 6.54 Å². The van der Waals surface area contributed by atoms with Crippen LogP contribution in [-0.2, 0) is 16.1 Å². The predicted octanol–water partition coefficient (Wildman–Crippen LogP) is 3.02. The first-order chi connectivity index (χ1) is 10.8. The van der Waals surface area contributed by atoms with Gasteiger partial charge in [-0.15, -0.1) is 0 Å². The fourth-order valence-electron chi connectivity index (χ4n) is 2.62. The van der Waals surface area contributed by atoms with E-state index in [-0.39, 0.29) is 5.97 Å². The number of carbonyl (C=O) groups excluding carboxylic acids is 1. The summed E-state index contributed by atoms with van der Waals surface area (Å²) in [5.41, 5.74) is 2.20. The molecule has 22 heavy (non-hydrogen) atoms. The van der Waals surface area contributed by atoms with Crippen LogP contribution in [0, 0.1) is 0 Å². The molecule has 3 rings (SSSR count). The van der Waals surface area contributed by atoms with E-state index in [1.54, 1.807) is 6.92 Å². The summed E-state index contributed by atoms with van der Waals surface area (Å²) in [6.07, 6.45) is -0.585. The fourth-order valence-corrected chi connectivity index (χ4v) is 2.62. The van der Waals surface area contributed by atoms with Crippen molar-refractivity contribution in [3.05, 3.63) is 60.2 Å². The first-order valence-corrected chi connectivity index (χ1v) is 7.49. The Labute approximate surface area is 130 Å². The van der Waals surface area contributed by atoms with Crippen LogP contribution in [-0.4, -0.2) is 25.2 Å². The van der Waals surface area contributed by atoms with E-state index < -0.39 is 6.10 Å². The maximum atomic E-state index is 12.0. The Morgan fingerprint density at radius 3 is 2.68 bits per heavy atom. The van der Waals surface area contributed by atoms with Gasteiger partial charge in [-0.05, 0) is 24.6 Å². The van der Waals surface area contributed by atoms with E-state index in [4.69, 9.17) is 9.47 Å². The summed E-state index contributed by atoms with van der Waals surface area (Å²) >= 11 is 0. The van der Waals surface area contributed by atoms with Crippen molar-refractivity contribution in [1.29, 1.82) is 0 Å². The molecule has 0 bridgehead atoms. The summed E-state index contributed by atoms with van der Waals surface area (Å²) < 4.78 is 10.9. The minimum atomic E-state index is -0.585. The quantitative estimate of drug-likeness (QED) is 0.813. The zero-order chi connectivity index (χ0) is 15.4. The fraction of sp³-hybridized carbons (Fsp3) is 0.278. The molecule has 0 N–H and O–H groups in total. The van der Waals surface area contributed by atoms with Crippen LogP contribution < -0.4 is 9.64 Å². The molecule has 1 aliphatic heterocycles. The van der Waals surface area contributed by atoms with E-state index in [0.717, 1.165) is 18.0 Å². The molecule has 0 aliphatic carbocycles. The van der Waals surface area contributed by atoms with Crippen LogP contribution in [0.3, 0.4) is 0 Å². The van der Waals surface area contributed by atoms with E-state index >= 15 is 0 Å². The lowest BCUT2D eigenvalue weighted by Gasteiger charge is -2.35. The van der Waals surface area contributed by atoms with Gasteiger partial charge >= 0.3 is 5.97 Å². The van der Waals surface area contributed by atoms with Crippen LogP contribution in [0.4, 0.5) is 5.69 Å². The van der Waals surface area contributed by atoms with Gasteiger partial charge in [0.2, 0.25) is 6.10 Å². The van der Waals surface area contributed by atoms with Gasteiger partial charge in [-0.2, -0.15) is 0 Å². The molecule has 2 aromatic carbocycles.